The van der Waals surface area contributed by atoms with Gasteiger partial charge in [0.25, 0.3) is 11.8 Å². The van der Waals surface area contributed by atoms with Crippen LogP contribution >= 0.6 is 22.9 Å². The van der Waals surface area contributed by atoms with E-state index in [4.69, 9.17) is 11.6 Å². The summed E-state index contributed by atoms with van der Waals surface area (Å²) in [6.07, 6.45) is 4.01. The van der Waals surface area contributed by atoms with Crippen LogP contribution in [0.1, 0.15) is 28.1 Å². The van der Waals surface area contributed by atoms with E-state index in [0.717, 1.165) is 35.5 Å². The molecule has 8 nitrogen and oxygen atoms in total. The zero-order valence-electron chi connectivity index (χ0n) is 19.9. The average Bonchev–Trinajstić information content (AvgIpc) is 3.59. The van der Waals surface area contributed by atoms with Gasteiger partial charge in [0, 0.05) is 37.1 Å². The molecule has 36 heavy (non-hydrogen) atoms. The number of thiophene rings is 1. The second-order valence-electron chi connectivity index (χ2n) is 8.85. The van der Waals surface area contributed by atoms with Crippen molar-refractivity contribution in [2.75, 3.05) is 50.4 Å². The maximum Gasteiger partial charge on any atom is 0.275 e. The van der Waals surface area contributed by atoms with E-state index >= 15 is 0 Å². The summed E-state index contributed by atoms with van der Waals surface area (Å²) in [6.45, 7) is 3.39. The normalized spacial score (nSPS) is 16.5. The number of halogens is 2. The number of likely N-dealkylation sites (N-methyl/N-ethyl adjacent to an activating group) is 1. The lowest BCUT2D eigenvalue weighted by atomic mass is 10.1. The quantitative estimate of drug-likeness (QED) is 0.487. The van der Waals surface area contributed by atoms with E-state index in [1.807, 2.05) is 0 Å². The summed E-state index contributed by atoms with van der Waals surface area (Å²) in [4.78, 5) is 31.4. The molecule has 0 saturated carbocycles. The monoisotopic (exact) mass is 554 g/mol. The van der Waals surface area contributed by atoms with Crippen LogP contribution in [0.2, 0.25) is 4.34 Å². The highest BCUT2D eigenvalue weighted by Gasteiger charge is 2.30. The summed E-state index contributed by atoms with van der Waals surface area (Å²) in [7, 11) is -2.11. The summed E-state index contributed by atoms with van der Waals surface area (Å²) in [5.74, 6) is -1.90. The Morgan fingerprint density at radius 2 is 1.97 bits per heavy atom. The fourth-order valence-corrected chi connectivity index (χ4v) is 6.52. The maximum atomic E-state index is 15.0. The van der Waals surface area contributed by atoms with Crippen molar-refractivity contribution in [3.05, 3.63) is 62.7 Å². The number of amides is 2. The van der Waals surface area contributed by atoms with Crippen LogP contribution in [0.15, 0.2) is 42.1 Å². The second kappa shape index (κ2) is 11.3. The minimum absolute atomic E-state index is 0.0111. The largest absolute Gasteiger partial charge is 0.340 e. The zero-order valence-corrected chi connectivity index (χ0v) is 22.3. The summed E-state index contributed by atoms with van der Waals surface area (Å²) in [5, 5.41) is 0. The van der Waals surface area contributed by atoms with Gasteiger partial charge in [-0.3, -0.25) is 14.3 Å². The number of anilines is 1. The van der Waals surface area contributed by atoms with Crippen molar-refractivity contribution in [2.24, 2.45) is 0 Å². The van der Waals surface area contributed by atoms with E-state index < -0.39 is 21.7 Å². The first-order chi connectivity index (χ1) is 17.1. The molecular formula is C24H28ClFN4O4S2. The Balaban J connectivity index is 1.34. The van der Waals surface area contributed by atoms with Gasteiger partial charge in [-0.05, 0) is 68.8 Å². The summed E-state index contributed by atoms with van der Waals surface area (Å²) < 4.78 is 42.8. The molecule has 1 N–H and O–H groups in total. The van der Waals surface area contributed by atoms with Crippen LogP contribution in [0.3, 0.4) is 0 Å². The van der Waals surface area contributed by atoms with Crippen LogP contribution in [0.4, 0.5) is 10.1 Å². The Labute approximate surface area is 219 Å². The Kier molecular flexibility index (Phi) is 8.34. The standard InChI is InChI=1S/C24H28ClFN4O4S2/c1-28(13-14-29-10-2-3-11-29)23(31)17-4-6-21(19(26)16-17)30-12-8-20(24(30)32)27-36(33,34)15-9-18-5-7-22(25)35-18/h4-8,16,27H,2-3,9-15H2,1H3. The van der Waals surface area contributed by atoms with Crippen molar-refractivity contribution in [3.63, 3.8) is 0 Å². The van der Waals surface area contributed by atoms with Crippen LogP contribution in [-0.2, 0) is 21.2 Å². The molecule has 3 heterocycles. The number of hydrogen-bond acceptors (Lipinski definition) is 6. The molecule has 1 aromatic carbocycles. The third-order valence-electron chi connectivity index (χ3n) is 6.25. The number of carbonyl (C=O) groups is 2. The van der Waals surface area contributed by atoms with Crippen LogP contribution in [0.5, 0.6) is 0 Å². The molecule has 1 aromatic heterocycles. The van der Waals surface area contributed by atoms with Gasteiger partial charge in [0.2, 0.25) is 10.0 Å². The molecule has 12 heteroatoms. The molecule has 2 aliphatic rings. The maximum absolute atomic E-state index is 15.0. The van der Waals surface area contributed by atoms with Gasteiger partial charge in [-0.15, -0.1) is 11.3 Å². The van der Waals surface area contributed by atoms with Gasteiger partial charge in [0.15, 0.2) is 0 Å². The number of nitrogens with one attached hydrogen (secondary N) is 1. The summed E-state index contributed by atoms with van der Waals surface area (Å²) >= 11 is 7.17. The van der Waals surface area contributed by atoms with Gasteiger partial charge in [-0.2, -0.15) is 0 Å². The van der Waals surface area contributed by atoms with Crippen molar-refractivity contribution in [3.8, 4) is 0 Å². The Morgan fingerprint density at radius 1 is 1.22 bits per heavy atom. The summed E-state index contributed by atoms with van der Waals surface area (Å²) in [5.41, 5.74) is 0.0461. The van der Waals surface area contributed by atoms with E-state index in [1.54, 1.807) is 24.1 Å². The number of benzene rings is 1. The SMILES string of the molecule is CN(CCN1CCCC1)C(=O)c1ccc(N2CC=C(NS(=O)(=O)CCc3ccc(Cl)s3)C2=O)c(F)c1. The third-order valence-corrected chi connectivity index (χ3v) is 8.81. The van der Waals surface area contributed by atoms with Crippen LogP contribution in [-0.4, -0.2) is 75.6 Å². The van der Waals surface area contributed by atoms with E-state index in [9.17, 15) is 22.4 Å². The highest BCUT2D eigenvalue weighted by atomic mass is 35.5. The minimum Gasteiger partial charge on any atom is -0.340 e. The fraction of sp³-hybridized carbons (Fsp3) is 0.417. The molecule has 2 amide bonds. The first-order valence-electron chi connectivity index (χ1n) is 11.7. The Hall–Kier alpha value is -2.47. The smallest absolute Gasteiger partial charge is 0.275 e. The van der Waals surface area contributed by atoms with Gasteiger partial charge < -0.3 is 14.7 Å². The minimum atomic E-state index is -3.79. The number of rotatable bonds is 10. The molecule has 0 aliphatic carbocycles. The van der Waals surface area contributed by atoms with E-state index in [2.05, 4.69) is 9.62 Å². The molecule has 0 spiro atoms. The van der Waals surface area contributed by atoms with Gasteiger partial charge in [-0.25, -0.2) is 12.8 Å². The number of carbonyl (C=O) groups excluding carboxylic acids is 2. The van der Waals surface area contributed by atoms with Crippen LogP contribution in [0.25, 0.3) is 0 Å². The second-order valence-corrected chi connectivity index (χ2v) is 12.5. The molecular weight excluding hydrogens is 527 g/mol. The predicted molar refractivity (Wildman–Crippen MR) is 139 cm³/mol. The number of hydrogen-bond donors (Lipinski definition) is 1. The van der Waals surface area contributed by atoms with E-state index in [0.29, 0.717) is 10.9 Å². The number of aryl methyl sites for hydroxylation is 1. The predicted octanol–water partition coefficient (Wildman–Crippen LogP) is 3.10. The molecule has 0 radical (unpaired) electrons. The molecule has 194 valence electrons. The van der Waals surface area contributed by atoms with Gasteiger partial charge >= 0.3 is 0 Å². The number of nitrogens with zero attached hydrogens (tertiary/aromatic N) is 3. The van der Waals surface area contributed by atoms with Crippen LogP contribution in [0, 0.1) is 5.82 Å². The van der Waals surface area contributed by atoms with E-state index in [-0.39, 0.29) is 41.6 Å². The van der Waals surface area contributed by atoms with Gasteiger partial charge in [0.1, 0.15) is 11.5 Å². The lowest BCUT2D eigenvalue weighted by Gasteiger charge is -2.22. The average molecular weight is 555 g/mol. The fourth-order valence-electron chi connectivity index (χ4n) is 4.21. The molecule has 4 rings (SSSR count). The highest BCUT2D eigenvalue weighted by molar-refractivity contribution is 7.89. The molecule has 0 atom stereocenters. The molecule has 2 aliphatic heterocycles. The van der Waals surface area contributed by atoms with Crippen molar-refractivity contribution in [2.45, 2.75) is 19.3 Å². The van der Waals surface area contributed by atoms with Crippen LogP contribution < -0.4 is 9.62 Å². The third kappa shape index (κ3) is 6.44. The summed E-state index contributed by atoms with van der Waals surface area (Å²) in [6, 6.07) is 7.43. The lowest BCUT2D eigenvalue weighted by molar-refractivity contribution is -0.114. The topological polar surface area (TPSA) is 90.0 Å². The van der Waals surface area contributed by atoms with Crippen molar-refractivity contribution >= 4 is 50.5 Å². The molecule has 2 aromatic rings. The molecule has 0 bridgehead atoms. The first-order valence-corrected chi connectivity index (χ1v) is 14.5. The number of sulfonamides is 1. The number of likely N-dealkylation sites (tertiary alicyclic amines) is 1. The van der Waals surface area contributed by atoms with Crippen molar-refractivity contribution in [1.82, 2.24) is 14.5 Å². The highest BCUT2D eigenvalue weighted by Crippen LogP contribution is 2.26. The first kappa shape index (κ1) is 26.6. The Morgan fingerprint density at radius 3 is 2.64 bits per heavy atom. The van der Waals surface area contributed by atoms with Gasteiger partial charge in [-0.1, -0.05) is 11.6 Å². The van der Waals surface area contributed by atoms with Crippen molar-refractivity contribution in [1.29, 1.82) is 0 Å². The van der Waals surface area contributed by atoms with E-state index in [1.165, 1.54) is 42.4 Å². The zero-order chi connectivity index (χ0) is 25.9. The van der Waals surface area contributed by atoms with Crippen molar-refractivity contribution < 1.29 is 22.4 Å². The van der Waals surface area contributed by atoms with Gasteiger partial charge in [0.05, 0.1) is 15.8 Å². The molecule has 0 unspecified atom stereocenters. The molecule has 1 fully saturated rings. The lowest BCUT2D eigenvalue weighted by Crippen LogP contribution is -2.36. The Bertz CT molecular complexity index is 1270. The molecule has 1 saturated heterocycles.